The Balaban J connectivity index is 1.60. The summed E-state index contributed by atoms with van der Waals surface area (Å²) in [5.74, 6) is 1.02. The molecular formula is C18H26N2O. The highest BCUT2D eigenvalue weighted by atomic mass is 16.2. The molecule has 0 aromatic heterocycles. The Kier molecular flexibility index (Phi) is 4.29. The Bertz CT molecular complexity index is 506. The summed E-state index contributed by atoms with van der Waals surface area (Å²) in [4.78, 5) is 14.7. The molecule has 0 spiro atoms. The van der Waals surface area contributed by atoms with Crippen molar-refractivity contribution < 1.29 is 4.79 Å². The monoisotopic (exact) mass is 286 g/mol. The summed E-state index contributed by atoms with van der Waals surface area (Å²) in [6.07, 6.45) is 3.95. The molecule has 2 aliphatic heterocycles. The van der Waals surface area contributed by atoms with Gasteiger partial charge in [0.15, 0.2) is 0 Å². The predicted molar refractivity (Wildman–Crippen MR) is 85.3 cm³/mol. The number of benzene rings is 1. The minimum Gasteiger partial charge on any atom is -0.338 e. The number of hydrogen-bond donors (Lipinski definition) is 1. The molecule has 2 saturated heterocycles. The molecule has 1 amide bonds. The summed E-state index contributed by atoms with van der Waals surface area (Å²) < 4.78 is 0. The lowest BCUT2D eigenvalue weighted by molar-refractivity contribution is -0.135. The molecule has 0 aliphatic carbocycles. The van der Waals surface area contributed by atoms with E-state index in [9.17, 15) is 4.79 Å². The maximum atomic E-state index is 12.6. The van der Waals surface area contributed by atoms with Gasteiger partial charge in [0.1, 0.15) is 0 Å². The summed E-state index contributed by atoms with van der Waals surface area (Å²) in [6, 6.07) is 7.04. The summed E-state index contributed by atoms with van der Waals surface area (Å²) in [6.45, 7) is 7.27. The fraction of sp³-hybridized carbons (Fsp3) is 0.611. The Morgan fingerprint density at radius 2 is 2.00 bits per heavy atom. The van der Waals surface area contributed by atoms with Crippen LogP contribution in [0, 0.1) is 19.8 Å². The van der Waals surface area contributed by atoms with Crippen LogP contribution >= 0.6 is 0 Å². The largest absolute Gasteiger partial charge is 0.338 e. The lowest BCUT2D eigenvalue weighted by Crippen LogP contribution is -2.48. The third kappa shape index (κ3) is 3.29. The first kappa shape index (κ1) is 14.6. The first-order chi connectivity index (χ1) is 10.1. The van der Waals surface area contributed by atoms with Crippen LogP contribution in [-0.4, -0.2) is 36.5 Å². The number of carbonyl (C=O) groups is 1. The summed E-state index contributed by atoms with van der Waals surface area (Å²) in [5.41, 5.74) is 3.87. The Labute approximate surface area is 127 Å². The van der Waals surface area contributed by atoms with Crippen molar-refractivity contribution in [3.8, 4) is 0 Å². The van der Waals surface area contributed by atoms with E-state index in [1.165, 1.54) is 23.1 Å². The number of nitrogens with zero attached hydrogens (tertiary/aromatic N) is 1. The van der Waals surface area contributed by atoms with Crippen molar-refractivity contribution in [1.29, 1.82) is 0 Å². The van der Waals surface area contributed by atoms with Crippen molar-refractivity contribution in [1.82, 2.24) is 10.2 Å². The molecule has 0 unspecified atom stereocenters. The van der Waals surface area contributed by atoms with E-state index in [4.69, 9.17) is 0 Å². The SMILES string of the molecule is Cc1cc(C)cc(CCC(=O)N2CCC[C@H]3CNC[C@H]32)c1. The number of hydrogen-bond acceptors (Lipinski definition) is 2. The number of likely N-dealkylation sites (tertiary alicyclic amines) is 1. The van der Waals surface area contributed by atoms with Crippen LogP contribution in [0.2, 0.25) is 0 Å². The Morgan fingerprint density at radius 3 is 2.76 bits per heavy atom. The number of fused-ring (bicyclic) bond motifs is 1. The van der Waals surface area contributed by atoms with E-state index < -0.39 is 0 Å². The van der Waals surface area contributed by atoms with E-state index in [0.717, 1.165) is 32.5 Å². The Hall–Kier alpha value is -1.35. The molecule has 2 fully saturated rings. The van der Waals surface area contributed by atoms with Gasteiger partial charge < -0.3 is 10.2 Å². The lowest BCUT2D eigenvalue weighted by Gasteiger charge is -2.37. The van der Waals surface area contributed by atoms with Crippen LogP contribution in [0.1, 0.15) is 36.0 Å². The number of aryl methyl sites for hydroxylation is 3. The molecule has 0 bridgehead atoms. The van der Waals surface area contributed by atoms with Crippen molar-refractivity contribution in [3.05, 3.63) is 34.9 Å². The maximum absolute atomic E-state index is 12.6. The van der Waals surface area contributed by atoms with Crippen LogP contribution in [0.5, 0.6) is 0 Å². The third-order valence-electron chi connectivity index (χ3n) is 4.91. The molecule has 3 nitrogen and oxygen atoms in total. The molecule has 3 heteroatoms. The maximum Gasteiger partial charge on any atom is 0.223 e. The minimum atomic E-state index is 0.340. The van der Waals surface area contributed by atoms with Crippen LogP contribution in [0.25, 0.3) is 0 Å². The molecule has 2 heterocycles. The highest BCUT2D eigenvalue weighted by Crippen LogP contribution is 2.27. The molecule has 21 heavy (non-hydrogen) atoms. The molecular weight excluding hydrogens is 260 g/mol. The highest BCUT2D eigenvalue weighted by Gasteiger charge is 2.36. The minimum absolute atomic E-state index is 0.340. The molecule has 1 N–H and O–H groups in total. The number of amides is 1. The van der Waals surface area contributed by atoms with Gasteiger partial charge in [-0.1, -0.05) is 29.3 Å². The van der Waals surface area contributed by atoms with Gasteiger partial charge in [-0.2, -0.15) is 0 Å². The number of piperidine rings is 1. The number of rotatable bonds is 3. The molecule has 3 rings (SSSR count). The van der Waals surface area contributed by atoms with Crippen LogP contribution in [-0.2, 0) is 11.2 Å². The van der Waals surface area contributed by atoms with Gasteiger partial charge in [-0.25, -0.2) is 0 Å². The predicted octanol–water partition coefficient (Wildman–Crippen LogP) is 2.45. The second kappa shape index (κ2) is 6.18. The van der Waals surface area contributed by atoms with E-state index >= 15 is 0 Å². The fourth-order valence-electron chi connectivity index (χ4n) is 3.99. The zero-order valence-corrected chi connectivity index (χ0v) is 13.2. The van der Waals surface area contributed by atoms with Crippen molar-refractivity contribution in [2.75, 3.05) is 19.6 Å². The van der Waals surface area contributed by atoms with Crippen molar-refractivity contribution >= 4 is 5.91 Å². The number of nitrogens with one attached hydrogen (secondary N) is 1. The molecule has 0 radical (unpaired) electrons. The second-order valence-corrected chi connectivity index (χ2v) is 6.71. The van der Waals surface area contributed by atoms with E-state index in [1.54, 1.807) is 0 Å². The van der Waals surface area contributed by atoms with Crippen molar-refractivity contribution in [2.24, 2.45) is 5.92 Å². The summed E-state index contributed by atoms with van der Waals surface area (Å²) >= 11 is 0. The molecule has 2 aliphatic rings. The fourth-order valence-corrected chi connectivity index (χ4v) is 3.99. The van der Waals surface area contributed by atoms with Crippen molar-refractivity contribution in [2.45, 2.75) is 45.6 Å². The molecule has 2 atom stereocenters. The van der Waals surface area contributed by atoms with E-state index in [2.05, 4.69) is 42.3 Å². The second-order valence-electron chi connectivity index (χ2n) is 6.71. The highest BCUT2D eigenvalue weighted by molar-refractivity contribution is 5.77. The summed E-state index contributed by atoms with van der Waals surface area (Å²) in [7, 11) is 0. The van der Waals surface area contributed by atoms with Gasteiger partial charge in [-0.05, 0) is 44.6 Å². The van der Waals surface area contributed by atoms with Gasteiger partial charge in [-0.3, -0.25) is 4.79 Å². The molecule has 114 valence electrons. The molecule has 1 aromatic carbocycles. The lowest BCUT2D eigenvalue weighted by atomic mass is 9.91. The smallest absolute Gasteiger partial charge is 0.223 e. The standard InChI is InChI=1S/C18H26N2O/c1-13-8-14(2)10-15(9-13)5-6-18(21)20-7-3-4-16-11-19-12-17(16)20/h8-10,16-17,19H,3-7,11-12H2,1-2H3/t16-,17+/m0/s1. The van der Waals surface area contributed by atoms with E-state index in [0.29, 0.717) is 24.3 Å². The van der Waals surface area contributed by atoms with Gasteiger partial charge in [0, 0.05) is 32.1 Å². The molecule has 1 aromatic rings. The first-order valence-corrected chi connectivity index (χ1v) is 8.21. The zero-order chi connectivity index (χ0) is 14.8. The third-order valence-corrected chi connectivity index (χ3v) is 4.91. The van der Waals surface area contributed by atoms with Gasteiger partial charge in [0.05, 0.1) is 0 Å². The van der Waals surface area contributed by atoms with Gasteiger partial charge in [-0.15, -0.1) is 0 Å². The Morgan fingerprint density at radius 1 is 1.24 bits per heavy atom. The molecule has 0 saturated carbocycles. The zero-order valence-electron chi connectivity index (χ0n) is 13.2. The normalized spacial score (nSPS) is 25.0. The average Bonchev–Trinajstić information content (AvgIpc) is 2.92. The summed E-state index contributed by atoms with van der Waals surface area (Å²) in [5, 5.41) is 3.44. The van der Waals surface area contributed by atoms with Gasteiger partial charge in [0.2, 0.25) is 5.91 Å². The van der Waals surface area contributed by atoms with E-state index in [1.807, 2.05) is 0 Å². The van der Waals surface area contributed by atoms with Crippen LogP contribution < -0.4 is 5.32 Å². The van der Waals surface area contributed by atoms with Crippen LogP contribution in [0.4, 0.5) is 0 Å². The quantitative estimate of drug-likeness (QED) is 0.925. The van der Waals surface area contributed by atoms with Crippen LogP contribution in [0.15, 0.2) is 18.2 Å². The topological polar surface area (TPSA) is 32.3 Å². The first-order valence-electron chi connectivity index (χ1n) is 8.21. The number of carbonyl (C=O) groups excluding carboxylic acids is 1. The van der Waals surface area contributed by atoms with Gasteiger partial charge >= 0.3 is 0 Å². The van der Waals surface area contributed by atoms with Crippen LogP contribution in [0.3, 0.4) is 0 Å². The van der Waals surface area contributed by atoms with Gasteiger partial charge in [0.25, 0.3) is 0 Å². The van der Waals surface area contributed by atoms with Crippen molar-refractivity contribution in [3.63, 3.8) is 0 Å². The average molecular weight is 286 g/mol. The van der Waals surface area contributed by atoms with E-state index in [-0.39, 0.29) is 0 Å².